The van der Waals surface area contributed by atoms with Crippen LogP contribution >= 0.6 is 0 Å². The van der Waals surface area contributed by atoms with Gasteiger partial charge >= 0.3 is 0 Å². The average Bonchev–Trinajstić information content (AvgIpc) is 2.77. The first-order valence-electron chi connectivity index (χ1n) is 5.64. The van der Waals surface area contributed by atoms with Crippen LogP contribution in [0.15, 0.2) is 18.2 Å². The van der Waals surface area contributed by atoms with Gasteiger partial charge in [0, 0.05) is 6.07 Å². The van der Waals surface area contributed by atoms with E-state index in [0.29, 0.717) is 0 Å². The second-order valence-corrected chi connectivity index (χ2v) is 4.34. The summed E-state index contributed by atoms with van der Waals surface area (Å²) in [4.78, 5) is 0. The van der Waals surface area contributed by atoms with Gasteiger partial charge in [0.05, 0.1) is 19.8 Å². The van der Waals surface area contributed by atoms with Crippen LogP contribution < -0.4 is 9.47 Å². The topological polar surface area (TPSA) is 38.7 Å². The third-order valence-corrected chi connectivity index (χ3v) is 3.32. The molecule has 1 aromatic rings. The summed E-state index contributed by atoms with van der Waals surface area (Å²) >= 11 is 0. The van der Waals surface area contributed by atoms with Gasteiger partial charge in [0.25, 0.3) is 0 Å². The zero-order chi connectivity index (χ0) is 11.6. The van der Waals surface area contributed by atoms with Gasteiger partial charge in [-0.1, -0.05) is 12.8 Å². The molecule has 16 heavy (non-hydrogen) atoms. The van der Waals surface area contributed by atoms with E-state index in [1.165, 1.54) is 0 Å². The number of hydrogen-bond donors (Lipinski definition) is 1. The summed E-state index contributed by atoms with van der Waals surface area (Å²) in [6.45, 7) is 0. The Labute approximate surface area is 96.0 Å². The van der Waals surface area contributed by atoms with Crippen LogP contribution in [0.4, 0.5) is 0 Å². The maximum Gasteiger partial charge on any atom is 0.122 e. The van der Waals surface area contributed by atoms with Crippen molar-refractivity contribution >= 4 is 0 Å². The normalized spacial score (nSPS) is 18.4. The van der Waals surface area contributed by atoms with Gasteiger partial charge in [-0.25, -0.2) is 0 Å². The quantitative estimate of drug-likeness (QED) is 0.853. The van der Waals surface area contributed by atoms with E-state index in [4.69, 9.17) is 9.47 Å². The van der Waals surface area contributed by atoms with Crippen molar-refractivity contribution in [2.24, 2.45) is 0 Å². The zero-order valence-corrected chi connectivity index (χ0v) is 9.82. The second kappa shape index (κ2) is 4.34. The summed E-state index contributed by atoms with van der Waals surface area (Å²) < 4.78 is 10.4. The average molecular weight is 222 g/mol. The molecule has 1 N–H and O–H groups in total. The molecular formula is C13H18O3. The van der Waals surface area contributed by atoms with Crippen LogP contribution in [0.5, 0.6) is 11.5 Å². The van der Waals surface area contributed by atoms with Gasteiger partial charge in [-0.15, -0.1) is 0 Å². The smallest absolute Gasteiger partial charge is 0.122 e. The van der Waals surface area contributed by atoms with E-state index in [-0.39, 0.29) is 0 Å². The van der Waals surface area contributed by atoms with Gasteiger partial charge < -0.3 is 14.6 Å². The summed E-state index contributed by atoms with van der Waals surface area (Å²) in [6, 6.07) is 5.61. The highest BCUT2D eigenvalue weighted by Gasteiger charge is 2.33. The minimum absolute atomic E-state index is 0.693. The van der Waals surface area contributed by atoms with Gasteiger partial charge in [-0.05, 0) is 30.5 Å². The summed E-state index contributed by atoms with van der Waals surface area (Å²) in [5, 5.41) is 10.5. The first kappa shape index (κ1) is 11.3. The molecule has 0 heterocycles. The Bertz CT molecular complexity index is 345. The fourth-order valence-electron chi connectivity index (χ4n) is 2.32. The van der Waals surface area contributed by atoms with Crippen molar-refractivity contribution in [3.8, 4) is 11.5 Å². The Balaban J connectivity index is 2.39. The minimum Gasteiger partial charge on any atom is -0.497 e. The summed E-state index contributed by atoms with van der Waals surface area (Å²) in [6.07, 6.45) is 3.80. The largest absolute Gasteiger partial charge is 0.497 e. The molecule has 1 saturated carbocycles. The summed E-state index contributed by atoms with van der Waals surface area (Å²) in [7, 11) is 3.24. The number of benzene rings is 1. The maximum absolute atomic E-state index is 10.5. The first-order chi connectivity index (χ1) is 7.68. The summed E-state index contributed by atoms with van der Waals surface area (Å²) in [5.41, 5.74) is 0.211. The standard InChI is InChI=1S/C13H18O3/c1-15-11-7-10(8-12(9-11)16-2)13(14)5-3-4-6-13/h7-9,14H,3-6H2,1-2H3. The van der Waals surface area contributed by atoms with Gasteiger partial charge in [0.1, 0.15) is 11.5 Å². The number of rotatable bonds is 3. The Morgan fingerprint density at radius 3 is 1.94 bits per heavy atom. The molecule has 3 heteroatoms. The van der Waals surface area contributed by atoms with Crippen molar-refractivity contribution in [1.29, 1.82) is 0 Å². The van der Waals surface area contributed by atoms with Crippen LogP contribution in [-0.4, -0.2) is 19.3 Å². The van der Waals surface area contributed by atoms with Gasteiger partial charge in [-0.3, -0.25) is 0 Å². The molecule has 1 aliphatic rings. The van der Waals surface area contributed by atoms with E-state index in [2.05, 4.69) is 0 Å². The molecule has 1 aliphatic carbocycles. The molecule has 0 radical (unpaired) electrons. The highest BCUT2D eigenvalue weighted by atomic mass is 16.5. The highest BCUT2D eigenvalue weighted by Crippen LogP contribution is 2.41. The van der Waals surface area contributed by atoms with Crippen LogP contribution in [0.1, 0.15) is 31.2 Å². The van der Waals surface area contributed by atoms with Crippen molar-refractivity contribution < 1.29 is 14.6 Å². The maximum atomic E-state index is 10.5. The Hall–Kier alpha value is -1.22. The fourth-order valence-corrected chi connectivity index (χ4v) is 2.32. The van der Waals surface area contributed by atoms with Gasteiger partial charge in [0.15, 0.2) is 0 Å². The lowest BCUT2D eigenvalue weighted by Crippen LogP contribution is -2.20. The third-order valence-electron chi connectivity index (χ3n) is 3.32. The van der Waals surface area contributed by atoms with Gasteiger partial charge in [-0.2, -0.15) is 0 Å². The first-order valence-corrected chi connectivity index (χ1v) is 5.64. The molecular weight excluding hydrogens is 204 g/mol. The zero-order valence-electron chi connectivity index (χ0n) is 9.82. The Morgan fingerprint density at radius 1 is 1.00 bits per heavy atom. The number of ether oxygens (including phenoxy) is 2. The van der Waals surface area contributed by atoms with E-state index in [0.717, 1.165) is 42.7 Å². The molecule has 88 valence electrons. The van der Waals surface area contributed by atoms with Crippen molar-refractivity contribution in [2.75, 3.05) is 14.2 Å². The van der Waals surface area contributed by atoms with E-state index in [1.807, 2.05) is 18.2 Å². The predicted octanol–water partition coefficient (Wildman–Crippen LogP) is 2.47. The molecule has 1 fully saturated rings. The molecule has 0 aromatic heterocycles. The minimum atomic E-state index is -0.693. The predicted molar refractivity (Wildman–Crippen MR) is 61.9 cm³/mol. The Kier molecular flexibility index (Phi) is 3.06. The lowest BCUT2D eigenvalue weighted by molar-refractivity contribution is 0.0440. The highest BCUT2D eigenvalue weighted by molar-refractivity contribution is 5.41. The number of methoxy groups -OCH3 is 2. The molecule has 0 spiro atoms. The van der Waals surface area contributed by atoms with Crippen LogP contribution in [0.2, 0.25) is 0 Å². The molecule has 0 bridgehead atoms. The lowest BCUT2D eigenvalue weighted by atomic mass is 9.92. The van der Waals surface area contributed by atoms with Gasteiger partial charge in [0.2, 0.25) is 0 Å². The molecule has 3 nitrogen and oxygen atoms in total. The fraction of sp³-hybridized carbons (Fsp3) is 0.538. The van der Waals surface area contributed by atoms with Crippen LogP contribution in [0, 0.1) is 0 Å². The molecule has 0 aliphatic heterocycles. The third kappa shape index (κ3) is 2.00. The van der Waals surface area contributed by atoms with Crippen molar-refractivity contribution in [3.05, 3.63) is 23.8 Å². The van der Waals surface area contributed by atoms with Crippen molar-refractivity contribution in [3.63, 3.8) is 0 Å². The van der Waals surface area contributed by atoms with Crippen molar-refractivity contribution in [1.82, 2.24) is 0 Å². The molecule has 0 saturated heterocycles. The molecule has 2 rings (SSSR count). The van der Waals surface area contributed by atoms with E-state index < -0.39 is 5.60 Å². The van der Waals surface area contributed by atoms with E-state index >= 15 is 0 Å². The number of hydrogen-bond acceptors (Lipinski definition) is 3. The van der Waals surface area contributed by atoms with Crippen LogP contribution in [0.25, 0.3) is 0 Å². The monoisotopic (exact) mass is 222 g/mol. The van der Waals surface area contributed by atoms with E-state index in [9.17, 15) is 5.11 Å². The van der Waals surface area contributed by atoms with Crippen LogP contribution in [0.3, 0.4) is 0 Å². The summed E-state index contributed by atoms with van der Waals surface area (Å²) in [5.74, 6) is 1.46. The lowest BCUT2D eigenvalue weighted by Gasteiger charge is -2.23. The van der Waals surface area contributed by atoms with Crippen LogP contribution in [-0.2, 0) is 5.60 Å². The van der Waals surface area contributed by atoms with Crippen molar-refractivity contribution in [2.45, 2.75) is 31.3 Å². The number of aliphatic hydroxyl groups is 1. The van der Waals surface area contributed by atoms with E-state index in [1.54, 1.807) is 14.2 Å². The molecule has 0 unspecified atom stereocenters. The molecule has 0 atom stereocenters. The Morgan fingerprint density at radius 2 is 1.50 bits per heavy atom. The molecule has 1 aromatic carbocycles. The SMILES string of the molecule is COc1cc(OC)cc(C2(O)CCCC2)c1. The second-order valence-electron chi connectivity index (χ2n) is 4.34. The molecule has 0 amide bonds.